The summed E-state index contributed by atoms with van der Waals surface area (Å²) >= 11 is 0. The normalized spacial score (nSPS) is 20.7. The standard InChI is InChI=1S/C20H30FN3O/c1-22-18(23-14-19(7-4-8-19)11-12-25-2)24-15-20(9-10-20)16-5-3-6-17(21)13-16/h3,5-6,13H,4,7-12,14-15H2,1-2H3,(H2,22,23,24). The molecule has 0 heterocycles. The third-order valence-electron chi connectivity index (χ3n) is 5.99. The second-order valence-corrected chi connectivity index (χ2v) is 7.67. The quantitative estimate of drug-likeness (QED) is 0.561. The molecule has 0 atom stereocenters. The lowest BCUT2D eigenvalue weighted by Crippen LogP contribution is -2.48. The van der Waals surface area contributed by atoms with E-state index in [0.717, 1.165) is 50.5 Å². The molecule has 0 aromatic heterocycles. The van der Waals surface area contributed by atoms with Gasteiger partial charge in [-0.1, -0.05) is 18.6 Å². The van der Waals surface area contributed by atoms with Crippen LogP contribution < -0.4 is 10.6 Å². The smallest absolute Gasteiger partial charge is 0.191 e. The molecule has 0 unspecified atom stereocenters. The number of rotatable bonds is 8. The van der Waals surface area contributed by atoms with Crippen molar-refractivity contribution >= 4 is 5.96 Å². The predicted molar refractivity (Wildman–Crippen MR) is 99.5 cm³/mol. The molecule has 25 heavy (non-hydrogen) atoms. The Hall–Kier alpha value is -1.62. The van der Waals surface area contributed by atoms with E-state index in [1.165, 1.54) is 25.3 Å². The van der Waals surface area contributed by atoms with Crippen LogP contribution in [0.4, 0.5) is 4.39 Å². The van der Waals surface area contributed by atoms with Crippen molar-refractivity contribution in [3.63, 3.8) is 0 Å². The molecule has 138 valence electrons. The number of aliphatic imine (C=N–C) groups is 1. The van der Waals surface area contributed by atoms with Gasteiger partial charge in [0.25, 0.3) is 0 Å². The monoisotopic (exact) mass is 347 g/mol. The van der Waals surface area contributed by atoms with Crippen molar-refractivity contribution < 1.29 is 9.13 Å². The van der Waals surface area contributed by atoms with Crippen molar-refractivity contribution in [1.82, 2.24) is 10.6 Å². The minimum absolute atomic E-state index is 0.0595. The largest absolute Gasteiger partial charge is 0.385 e. The van der Waals surface area contributed by atoms with Crippen molar-refractivity contribution in [2.24, 2.45) is 10.4 Å². The van der Waals surface area contributed by atoms with Crippen LogP contribution in [0.5, 0.6) is 0 Å². The average Bonchev–Trinajstić information content (AvgIpc) is 3.37. The predicted octanol–water partition coefficient (Wildman–Crippen LogP) is 3.23. The van der Waals surface area contributed by atoms with Gasteiger partial charge in [-0.05, 0) is 55.2 Å². The fraction of sp³-hybridized carbons (Fsp3) is 0.650. The molecule has 0 radical (unpaired) electrons. The molecule has 2 saturated carbocycles. The molecule has 2 N–H and O–H groups in total. The van der Waals surface area contributed by atoms with Crippen molar-refractivity contribution in [2.45, 2.75) is 43.9 Å². The SMILES string of the molecule is CN=C(NCC1(CCOC)CCC1)NCC1(c2cccc(F)c2)CC1. The Labute approximate surface area is 150 Å². The van der Waals surface area contributed by atoms with Crippen LogP contribution in [-0.2, 0) is 10.2 Å². The van der Waals surface area contributed by atoms with Crippen LogP contribution in [0.3, 0.4) is 0 Å². The van der Waals surface area contributed by atoms with Crippen LogP contribution in [0.25, 0.3) is 0 Å². The van der Waals surface area contributed by atoms with E-state index in [1.807, 2.05) is 6.07 Å². The molecule has 0 amide bonds. The molecule has 0 saturated heterocycles. The van der Waals surface area contributed by atoms with E-state index < -0.39 is 0 Å². The number of nitrogens with zero attached hydrogens (tertiary/aromatic N) is 1. The highest BCUT2D eigenvalue weighted by Gasteiger charge is 2.44. The average molecular weight is 347 g/mol. The summed E-state index contributed by atoms with van der Waals surface area (Å²) in [6.45, 7) is 2.54. The second kappa shape index (κ2) is 7.73. The Morgan fingerprint density at radius 2 is 1.96 bits per heavy atom. The molecular formula is C20H30FN3O. The summed E-state index contributed by atoms with van der Waals surface area (Å²) in [5.74, 6) is 0.683. The number of benzene rings is 1. The van der Waals surface area contributed by atoms with Gasteiger partial charge in [0, 0.05) is 39.3 Å². The number of hydrogen-bond acceptors (Lipinski definition) is 2. The summed E-state index contributed by atoms with van der Waals surface area (Å²) in [5, 5.41) is 6.95. The van der Waals surface area contributed by atoms with Gasteiger partial charge in [0.1, 0.15) is 5.82 Å². The first kappa shape index (κ1) is 18.2. The number of ether oxygens (including phenoxy) is 1. The summed E-state index contributed by atoms with van der Waals surface area (Å²) in [7, 11) is 3.57. The van der Waals surface area contributed by atoms with E-state index in [-0.39, 0.29) is 11.2 Å². The van der Waals surface area contributed by atoms with Crippen LogP contribution >= 0.6 is 0 Å². The Morgan fingerprint density at radius 3 is 2.52 bits per heavy atom. The van der Waals surface area contributed by atoms with Crippen LogP contribution in [0.2, 0.25) is 0 Å². The van der Waals surface area contributed by atoms with Crippen LogP contribution in [0, 0.1) is 11.2 Å². The van der Waals surface area contributed by atoms with Crippen molar-refractivity contribution in [2.75, 3.05) is 33.9 Å². The summed E-state index contributed by atoms with van der Waals surface area (Å²) in [6.07, 6.45) is 7.11. The van der Waals surface area contributed by atoms with Gasteiger partial charge in [-0.3, -0.25) is 4.99 Å². The van der Waals surface area contributed by atoms with Crippen LogP contribution in [-0.4, -0.2) is 39.8 Å². The van der Waals surface area contributed by atoms with Gasteiger partial charge in [-0.2, -0.15) is 0 Å². The van der Waals surface area contributed by atoms with Gasteiger partial charge in [0.15, 0.2) is 5.96 Å². The lowest BCUT2D eigenvalue weighted by atomic mass is 9.67. The van der Waals surface area contributed by atoms with E-state index in [9.17, 15) is 4.39 Å². The second-order valence-electron chi connectivity index (χ2n) is 7.67. The number of guanidine groups is 1. The fourth-order valence-corrected chi connectivity index (χ4v) is 3.79. The molecule has 3 rings (SSSR count). The van der Waals surface area contributed by atoms with Gasteiger partial charge in [0.05, 0.1) is 0 Å². The highest BCUT2D eigenvalue weighted by Crippen LogP contribution is 2.47. The first-order chi connectivity index (χ1) is 12.1. The van der Waals surface area contributed by atoms with E-state index >= 15 is 0 Å². The van der Waals surface area contributed by atoms with E-state index in [4.69, 9.17) is 4.74 Å². The topological polar surface area (TPSA) is 45.7 Å². The zero-order valence-corrected chi connectivity index (χ0v) is 15.4. The van der Waals surface area contributed by atoms with Gasteiger partial charge >= 0.3 is 0 Å². The molecule has 0 aliphatic heterocycles. The lowest BCUT2D eigenvalue weighted by molar-refractivity contribution is 0.0732. The third kappa shape index (κ3) is 4.32. The molecule has 2 fully saturated rings. The zero-order chi connectivity index (χ0) is 17.8. The first-order valence-corrected chi connectivity index (χ1v) is 9.31. The molecule has 0 spiro atoms. The lowest BCUT2D eigenvalue weighted by Gasteiger charge is -2.42. The Morgan fingerprint density at radius 1 is 1.20 bits per heavy atom. The van der Waals surface area contributed by atoms with Gasteiger partial charge in [-0.25, -0.2) is 4.39 Å². The van der Waals surface area contributed by atoms with Crippen molar-refractivity contribution in [1.29, 1.82) is 0 Å². The number of methoxy groups -OCH3 is 1. The Kier molecular flexibility index (Phi) is 5.62. The maximum Gasteiger partial charge on any atom is 0.191 e. The van der Waals surface area contributed by atoms with Gasteiger partial charge < -0.3 is 15.4 Å². The van der Waals surface area contributed by atoms with E-state index in [1.54, 1.807) is 26.3 Å². The molecule has 5 heteroatoms. The highest BCUT2D eigenvalue weighted by molar-refractivity contribution is 5.79. The summed E-state index contributed by atoms with van der Waals surface area (Å²) in [6, 6.07) is 7.00. The molecule has 2 aliphatic rings. The molecule has 4 nitrogen and oxygen atoms in total. The van der Waals surface area contributed by atoms with E-state index in [0.29, 0.717) is 5.41 Å². The summed E-state index contributed by atoms with van der Waals surface area (Å²) in [5.41, 5.74) is 1.50. The van der Waals surface area contributed by atoms with E-state index in [2.05, 4.69) is 15.6 Å². The van der Waals surface area contributed by atoms with Gasteiger partial charge in [0.2, 0.25) is 0 Å². The van der Waals surface area contributed by atoms with Gasteiger partial charge in [-0.15, -0.1) is 0 Å². The molecule has 1 aromatic carbocycles. The Balaban J connectivity index is 1.51. The summed E-state index contributed by atoms with van der Waals surface area (Å²) in [4.78, 5) is 4.36. The maximum absolute atomic E-state index is 13.5. The highest BCUT2D eigenvalue weighted by atomic mass is 19.1. The summed E-state index contributed by atoms with van der Waals surface area (Å²) < 4.78 is 18.8. The Bertz CT molecular complexity index is 609. The number of hydrogen-bond donors (Lipinski definition) is 2. The number of nitrogens with one attached hydrogen (secondary N) is 2. The fourth-order valence-electron chi connectivity index (χ4n) is 3.79. The molecule has 2 aliphatic carbocycles. The van der Waals surface area contributed by atoms with Crippen molar-refractivity contribution in [3.8, 4) is 0 Å². The first-order valence-electron chi connectivity index (χ1n) is 9.31. The minimum atomic E-state index is -0.156. The van der Waals surface area contributed by atoms with Crippen LogP contribution in [0.15, 0.2) is 29.3 Å². The molecule has 0 bridgehead atoms. The zero-order valence-electron chi connectivity index (χ0n) is 15.4. The maximum atomic E-state index is 13.5. The molecule has 1 aromatic rings. The molecular weight excluding hydrogens is 317 g/mol. The van der Waals surface area contributed by atoms with Crippen LogP contribution in [0.1, 0.15) is 44.1 Å². The third-order valence-corrected chi connectivity index (χ3v) is 5.99. The minimum Gasteiger partial charge on any atom is -0.385 e. The number of halogens is 1. The van der Waals surface area contributed by atoms with Crippen molar-refractivity contribution in [3.05, 3.63) is 35.6 Å².